The molecule has 2 heterocycles. The van der Waals surface area contributed by atoms with Gasteiger partial charge in [0.1, 0.15) is 18.1 Å². The molecule has 4 nitrogen and oxygen atoms in total. The Morgan fingerprint density at radius 2 is 2.16 bits per heavy atom. The highest BCUT2D eigenvalue weighted by molar-refractivity contribution is 5.44. The van der Waals surface area contributed by atoms with Crippen molar-refractivity contribution in [3.05, 3.63) is 23.8 Å². The molecule has 2 aliphatic rings. The van der Waals surface area contributed by atoms with Crippen molar-refractivity contribution < 1.29 is 14.6 Å². The quantitative estimate of drug-likeness (QED) is 0.878. The summed E-state index contributed by atoms with van der Waals surface area (Å²) in [6.45, 7) is 5.67. The van der Waals surface area contributed by atoms with E-state index < -0.39 is 0 Å². The summed E-state index contributed by atoms with van der Waals surface area (Å²) in [6.07, 6.45) is 2.21. The third-order valence-corrected chi connectivity index (χ3v) is 4.25. The van der Waals surface area contributed by atoms with Crippen LogP contribution in [0.1, 0.15) is 31.4 Å². The maximum Gasteiger partial charge on any atom is 0.127 e. The van der Waals surface area contributed by atoms with Gasteiger partial charge in [-0.2, -0.15) is 0 Å². The van der Waals surface area contributed by atoms with E-state index in [1.54, 1.807) is 12.1 Å². The summed E-state index contributed by atoms with van der Waals surface area (Å²) >= 11 is 0. The molecule has 0 radical (unpaired) electrons. The van der Waals surface area contributed by atoms with Crippen LogP contribution in [0.5, 0.6) is 11.5 Å². The summed E-state index contributed by atoms with van der Waals surface area (Å²) in [5, 5.41) is 13.0. The van der Waals surface area contributed by atoms with Gasteiger partial charge in [0.15, 0.2) is 0 Å². The number of hydrogen-bond acceptors (Lipinski definition) is 4. The highest BCUT2D eigenvalue weighted by atomic mass is 16.5. The minimum atomic E-state index is 0.232. The number of rotatable bonds is 3. The third-order valence-electron chi connectivity index (χ3n) is 4.25. The maximum atomic E-state index is 9.44. The molecule has 104 valence electrons. The Kier molecular flexibility index (Phi) is 3.37. The Balaban J connectivity index is 1.63. The van der Waals surface area contributed by atoms with Gasteiger partial charge in [-0.1, -0.05) is 6.92 Å². The number of phenolic OH excluding ortho intramolecular Hbond substituents is 1. The minimum absolute atomic E-state index is 0.232. The first-order chi connectivity index (χ1) is 9.16. The van der Waals surface area contributed by atoms with E-state index >= 15 is 0 Å². The van der Waals surface area contributed by atoms with Crippen LogP contribution in [0.15, 0.2) is 18.2 Å². The van der Waals surface area contributed by atoms with Crippen molar-refractivity contribution in [3.8, 4) is 11.5 Å². The molecule has 3 rings (SSSR count). The van der Waals surface area contributed by atoms with Crippen LogP contribution in [-0.2, 0) is 4.74 Å². The molecule has 0 bridgehead atoms. The Morgan fingerprint density at radius 3 is 2.95 bits per heavy atom. The molecule has 2 N–H and O–H groups in total. The normalized spacial score (nSPS) is 24.8. The Morgan fingerprint density at radius 1 is 1.37 bits per heavy atom. The summed E-state index contributed by atoms with van der Waals surface area (Å²) in [5.74, 6) is 1.06. The first-order valence-electron chi connectivity index (χ1n) is 6.93. The monoisotopic (exact) mass is 263 g/mol. The zero-order chi connectivity index (χ0) is 13.3. The van der Waals surface area contributed by atoms with E-state index in [1.165, 1.54) is 0 Å². The molecule has 1 aromatic carbocycles. The van der Waals surface area contributed by atoms with Crippen LogP contribution in [0.3, 0.4) is 0 Å². The minimum Gasteiger partial charge on any atom is -0.508 e. The van der Waals surface area contributed by atoms with Gasteiger partial charge >= 0.3 is 0 Å². The molecule has 0 amide bonds. The van der Waals surface area contributed by atoms with Gasteiger partial charge in [-0.25, -0.2) is 0 Å². The summed E-state index contributed by atoms with van der Waals surface area (Å²) in [7, 11) is 0. The van der Waals surface area contributed by atoms with Gasteiger partial charge in [0.25, 0.3) is 0 Å². The lowest BCUT2D eigenvalue weighted by atomic mass is 9.82. The average molecular weight is 263 g/mol. The van der Waals surface area contributed by atoms with E-state index in [2.05, 4.69) is 12.2 Å². The summed E-state index contributed by atoms with van der Waals surface area (Å²) in [4.78, 5) is 0. The largest absolute Gasteiger partial charge is 0.508 e. The SMILES string of the molecule is CC1(CNC2COc3cc(O)ccc32)CCOCC1. The number of fused-ring (bicyclic) bond motifs is 1. The number of ether oxygens (including phenoxy) is 2. The third kappa shape index (κ3) is 2.69. The molecular weight excluding hydrogens is 242 g/mol. The van der Waals surface area contributed by atoms with Crippen LogP contribution in [0.2, 0.25) is 0 Å². The van der Waals surface area contributed by atoms with Crippen LogP contribution >= 0.6 is 0 Å². The van der Waals surface area contributed by atoms with Crippen LogP contribution in [0.25, 0.3) is 0 Å². The molecule has 2 aliphatic heterocycles. The molecule has 0 aromatic heterocycles. The molecule has 19 heavy (non-hydrogen) atoms. The number of phenols is 1. The molecule has 4 heteroatoms. The highest BCUT2D eigenvalue weighted by Gasteiger charge is 2.30. The second kappa shape index (κ2) is 5.02. The van der Waals surface area contributed by atoms with E-state index in [4.69, 9.17) is 9.47 Å². The van der Waals surface area contributed by atoms with Crippen molar-refractivity contribution in [1.82, 2.24) is 5.32 Å². The summed E-state index contributed by atoms with van der Waals surface area (Å²) in [6, 6.07) is 5.59. The fourth-order valence-electron chi connectivity index (χ4n) is 2.78. The predicted octanol–water partition coefficient (Wildman–Crippen LogP) is 2.23. The molecule has 1 saturated heterocycles. The number of benzene rings is 1. The molecular formula is C15H21NO3. The molecule has 1 aromatic rings. The van der Waals surface area contributed by atoms with Crippen LogP contribution in [0.4, 0.5) is 0 Å². The number of hydrogen-bond donors (Lipinski definition) is 2. The number of nitrogens with one attached hydrogen (secondary N) is 1. The molecule has 1 fully saturated rings. The smallest absolute Gasteiger partial charge is 0.127 e. The summed E-state index contributed by atoms with van der Waals surface area (Å²) < 4.78 is 11.0. The molecule has 0 saturated carbocycles. The lowest BCUT2D eigenvalue weighted by Crippen LogP contribution is -2.38. The Bertz CT molecular complexity index is 455. The van der Waals surface area contributed by atoms with Crippen molar-refractivity contribution in [3.63, 3.8) is 0 Å². The maximum absolute atomic E-state index is 9.44. The van der Waals surface area contributed by atoms with Crippen molar-refractivity contribution in [2.24, 2.45) is 5.41 Å². The van der Waals surface area contributed by atoms with Crippen molar-refractivity contribution in [1.29, 1.82) is 0 Å². The van der Waals surface area contributed by atoms with Crippen LogP contribution < -0.4 is 10.1 Å². The topological polar surface area (TPSA) is 50.7 Å². The van der Waals surface area contributed by atoms with E-state index in [-0.39, 0.29) is 11.8 Å². The fourth-order valence-corrected chi connectivity index (χ4v) is 2.78. The van der Waals surface area contributed by atoms with Gasteiger partial charge in [-0.3, -0.25) is 0 Å². The fraction of sp³-hybridized carbons (Fsp3) is 0.600. The Hall–Kier alpha value is -1.26. The Labute approximate surface area is 113 Å². The molecule has 0 aliphatic carbocycles. The molecule has 1 unspecified atom stereocenters. The molecule has 1 atom stereocenters. The highest BCUT2D eigenvalue weighted by Crippen LogP contribution is 2.36. The van der Waals surface area contributed by atoms with Gasteiger partial charge in [0.2, 0.25) is 0 Å². The molecule has 0 spiro atoms. The van der Waals surface area contributed by atoms with Crippen molar-refractivity contribution in [2.45, 2.75) is 25.8 Å². The lowest BCUT2D eigenvalue weighted by molar-refractivity contribution is 0.0226. The first-order valence-corrected chi connectivity index (χ1v) is 6.93. The van der Waals surface area contributed by atoms with Crippen LogP contribution in [0, 0.1) is 5.41 Å². The first kappa shape index (κ1) is 12.8. The summed E-state index contributed by atoms with van der Waals surface area (Å²) in [5.41, 5.74) is 1.46. The second-order valence-corrected chi connectivity index (χ2v) is 5.89. The van der Waals surface area contributed by atoms with E-state index in [0.717, 1.165) is 43.9 Å². The average Bonchev–Trinajstić information content (AvgIpc) is 2.79. The number of aromatic hydroxyl groups is 1. The standard InChI is InChI=1S/C15H21NO3/c1-15(4-6-18-7-5-15)10-16-13-9-19-14-8-11(17)2-3-12(13)14/h2-3,8,13,16-17H,4-7,9-10H2,1H3. The predicted molar refractivity (Wildman–Crippen MR) is 72.5 cm³/mol. The van der Waals surface area contributed by atoms with Gasteiger partial charge in [0.05, 0.1) is 6.04 Å². The van der Waals surface area contributed by atoms with E-state index in [9.17, 15) is 5.11 Å². The zero-order valence-corrected chi connectivity index (χ0v) is 11.3. The van der Waals surface area contributed by atoms with Crippen molar-refractivity contribution in [2.75, 3.05) is 26.4 Å². The lowest BCUT2D eigenvalue weighted by Gasteiger charge is -2.34. The van der Waals surface area contributed by atoms with Crippen LogP contribution in [-0.4, -0.2) is 31.5 Å². The van der Waals surface area contributed by atoms with E-state index in [0.29, 0.717) is 12.0 Å². The zero-order valence-electron chi connectivity index (χ0n) is 11.3. The van der Waals surface area contributed by atoms with Gasteiger partial charge in [0, 0.05) is 31.4 Å². The second-order valence-electron chi connectivity index (χ2n) is 5.89. The van der Waals surface area contributed by atoms with Gasteiger partial charge in [-0.15, -0.1) is 0 Å². The van der Waals surface area contributed by atoms with E-state index in [1.807, 2.05) is 6.07 Å². The van der Waals surface area contributed by atoms with Gasteiger partial charge < -0.3 is 19.9 Å². The van der Waals surface area contributed by atoms with Crippen molar-refractivity contribution >= 4 is 0 Å². The van der Waals surface area contributed by atoms with Gasteiger partial charge in [-0.05, 0) is 30.4 Å².